The van der Waals surface area contributed by atoms with Gasteiger partial charge in [0.05, 0.1) is 26.4 Å². The molecule has 0 aromatic heterocycles. The van der Waals surface area contributed by atoms with Crippen LogP contribution in [-0.4, -0.2) is 54.3 Å². The maximum absolute atomic E-state index is 13.4. The zero-order valence-corrected chi connectivity index (χ0v) is 21.2. The minimum atomic E-state index is -1.01. The number of likely N-dealkylation sites (tertiary alicyclic amines) is 1. The number of methoxy groups -OCH3 is 1. The predicted octanol–water partition coefficient (Wildman–Crippen LogP) is 4.25. The summed E-state index contributed by atoms with van der Waals surface area (Å²) in [7, 11) is 1.26. The normalized spacial score (nSPS) is 18.3. The van der Waals surface area contributed by atoms with E-state index in [-0.39, 0.29) is 19.1 Å². The van der Waals surface area contributed by atoms with Crippen LogP contribution in [0.25, 0.3) is 6.08 Å². The van der Waals surface area contributed by atoms with E-state index in [0.29, 0.717) is 12.2 Å². The standard InChI is InChI=1S/C28H34N2O6/c1-6-19-12-14-20(15-13-19)18-35-22-16-23(30(17-22)27(33)36-28(2,3)4)25(31)29-24(26(32)34-5)21-10-8-7-9-11-21/h6-15,22-24H,1,16-18H2,2-5H3,(H,29,31)/t22-,23+,24-/m1/s1. The average Bonchev–Trinajstić information content (AvgIpc) is 3.30. The van der Waals surface area contributed by atoms with Crippen LogP contribution in [0.5, 0.6) is 0 Å². The minimum Gasteiger partial charge on any atom is -0.467 e. The van der Waals surface area contributed by atoms with Crippen LogP contribution < -0.4 is 5.32 Å². The molecule has 2 aromatic carbocycles. The highest BCUT2D eigenvalue weighted by Gasteiger charge is 2.43. The van der Waals surface area contributed by atoms with Crippen LogP contribution >= 0.6 is 0 Å². The molecule has 0 bridgehead atoms. The fraction of sp³-hybridized carbons (Fsp3) is 0.393. The van der Waals surface area contributed by atoms with Gasteiger partial charge in [0.1, 0.15) is 11.6 Å². The van der Waals surface area contributed by atoms with Crippen LogP contribution in [0, 0.1) is 0 Å². The summed E-state index contributed by atoms with van der Waals surface area (Å²) in [4.78, 5) is 40.2. The highest BCUT2D eigenvalue weighted by Crippen LogP contribution is 2.26. The highest BCUT2D eigenvalue weighted by molar-refractivity contribution is 5.90. The molecule has 2 amide bonds. The number of hydrogen-bond acceptors (Lipinski definition) is 6. The van der Waals surface area contributed by atoms with E-state index in [2.05, 4.69) is 11.9 Å². The minimum absolute atomic E-state index is 0.186. The summed E-state index contributed by atoms with van der Waals surface area (Å²) in [5.74, 6) is -1.09. The summed E-state index contributed by atoms with van der Waals surface area (Å²) in [6.07, 6.45) is 1.03. The number of ether oxygens (including phenoxy) is 3. The smallest absolute Gasteiger partial charge is 0.411 e. The van der Waals surface area contributed by atoms with Crippen molar-refractivity contribution in [3.05, 3.63) is 77.9 Å². The first-order valence-electron chi connectivity index (χ1n) is 11.9. The maximum Gasteiger partial charge on any atom is 0.411 e. The quantitative estimate of drug-likeness (QED) is 0.552. The Kier molecular flexibility index (Phi) is 8.88. The third kappa shape index (κ3) is 7.18. The molecule has 192 valence electrons. The lowest BCUT2D eigenvalue weighted by Gasteiger charge is -2.28. The van der Waals surface area contributed by atoms with Crippen molar-refractivity contribution in [2.45, 2.75) is 57.6 Å². The lowest BCUT2D eigenvalue weighted by molar-refractivity contribution is -0.145. The molecular weight excluding hydrogens is 460 g/mol. The average molecular weight is 495 g/mol. The Morgan fingerprint density at radius 3 is 2.36 bits per heavy atom. The fourth-order valence-electron chi connectivity index (χ4n) is 3.93. The van der Waals surface area contributed by atoms with E-state index in [1.807, 2.05) is 30.3 Å². The van der Waals surface area contributed by atoms with Crippen molar-refractivity contribution in [2.75, 3.05) is 13.7 Å². The first-order valence-corrected chi connectivity index (χ1v) is 11.9. The van der Waals surface area contributed by atoms with Gasteiger partial charge in [0.25, 0.3) is 0 Å². The largest absolute Gasteiger partial charge is 0.467 e. The molecule has 1 fully saturated rings. The number of rotatable bonds is 8. The van der Waals surface area contributed by atoms with Gasteiger partial charge in [0, 0.05) is 6.42 Å². The lowest BCUT2D eigenvalue weighted by atomic mass is 10.1. The second kappa shape index (κ2) is 11.9. The zero-order chi connectivity index (χ0) is 26.3. The van der Waals surface area contributed by atoms with E-state index in [1.165, 1.54) is 12.0 Å². The third-order valence-electron chi connectivity index (χ3n) is 5.75. The number of hydrogen-bond donors (Lipinski definition) is 1. The number of amides is 2. The molecule has 0 saturated carbocycles. The molecule has 0 unspecified atom stereocenters. The van der Waals surface area contributed by atoms with Crippen molar-refractivity contribution in [1.29, 1.82) is 0 Å². The van der Waals surface area contributed by atoms with E-state index in [9.17, 15) is 14.4 Å². The van der Waals surface area contributed by atoms with E-state index in [0.717, 1.165) is 11.1 Å². The molecule has 3 atom stereocenters. The fourth-order valence-corrected chi connectivity index (χ4v) is 3.93. The van der Waals surface area contributed by atoms with Gasteiger partial charge in [-0.3, -0.25) is 9.69 Å². The van der Waals surface area contributed by atoms with Gasteiger partial charge >= 0.3 is 12.1 Å². The van der Waals surface area contributed by atoms with Gasteiger partial charge in [-0.1, -0.05) is 67.3 Å². The molecule has 36 heavy (non-hydrogen) atoms. The van der Waals surface area contributed by atoms with E-state index in [4.69, 9.17) is 14.2 Å². The molecule has 3 rings (SSSR count). The van der Waals surface area contributed by atoms with Crippen LogP contribution in [0.15, 0.2) is 61.2 Å². The van der Waals surface area contributed by atoms with Crippen molar-refractivity contribution < 1.29 is 28.6 Å². The Bertz CT molecular complexity index is 1060. The third-order valence-corrected chi connectivity index (χ3v) is 5.75. The summed E-state index contributed by atoms with van der Waals surface area (Å²) in [6.45, 7) is 9.56. The van der Waals surface area contributed by atoms with Crippen molar-refractivity contribution in [1.82, 2.24) is 10.2 Å². The van der Waals surface area contributed by atoms with Gasteiger partial charge in [0.2, 0.25) is 5.91 Å². The lowest BCUT2D eigenvalue weighted by Crippen LogP contribution is -2.49. The van der Waals surface area contributed by atoms with Crippen LogP contribution in [-0.2, 0) is 30.4 Å². The molecule has 0 aliphatic carbocycles. The van der Waals surface area contributed by atoms with Crippen molar-refractivity contribution in [3.63, 3.8) is 0 Å². The van der Waals surface area contributed by atoms with E-state index < -0.39 is 35.7 Å². The molecule has 1 N–H and O–H groups in total. The summed E-state index contributed by atoms with van der Waals surface area (Å²) in [6, 6.07) is 14.7. The van der Waals surface area contributed by atoms with Crippen LogP contribution in [0.4, 0.5) is 4.79 Å². The molecule has 1 heterocycles. The number of nitrogens with one attached hydrogen (secondary N) is 1. The predicted molar refractivity (Wildman–Crippen MR) is 136 cm³/mol. The highest BCUT2D eigenvalue weighted by atomic mass is 16.6. The molecule has 0 spiro atoms. The van der Waals surface area contributed by atoms with Crippen molar-refractivity contribution in [3.8, 4) is 0 Å². The van der Waals surface area contributed by atoms with Crippen molar-refractivity contribution in [2.24, 2.45) is 0 Å². The molecule has 1 saturated heterocycles. The molecule has 2 aromatic rings. The maximum atomic E-state index is 13.4. The Balaban J connectivity index is 1.76. The van der Waals surface area contributed by atoms with Crippen LogP contribution in [0.2, 0.25) is 0 Å². The van der Waals surface area contributed by atoms with Gasteiger partial charge in [-0.25, -0.2) is 9.59 Å². The number of carbonyl (C=O) groups is 3. The van der Waals surface area contributed by atoms with Crippen molar-refractivity contribution >= 4 is 24.0 Å². The summed E-state index contributed by atoms with van der Waals surface area (Å²) in [5.41, 5.74) is 1.82. The first-order chi connectivity index (χ1) is 17.1. The number of esters is 1. The summed E-state index contributed by atoms with van der Waals surface area (Å²) in [5, 5.41) is 2.75. The Labute approximate surface area is 212 Å². The molecule has 1 aliphatic heterocycles. The van der Waals surface area contributed by atoms with Gasteiger partial charge in [-0.05, 0) is 37.5 Å². The molecule has 1 aliphatic rings. The van der Waals surface area contributed by atoms with Gasteiger partial charge < -0.3 is 19.5 Å². The number of carbonyl (C=O) groups excluding carboxylic acids is 3. The number of benzene rings is 2. The van der Waals surface area contributed by atoms with Crippen LogP contribution in [0.1, 0.15) is 49.9 Å². The van der Waals surface area contributed by atoms with E-state index >= 15 is 0 Å². The Morgan fingerprint density at radius 2 is 1.78 bits per heavy atom. The molecule has 8 heteroatoms. The second-order valence-electron chi connectivity index (χ2n) is 9.64. The van der Waals surface area contributed by atoms with E-state index in [1.54, 1.807) is 51.1 Å². The molecular formula is C28H34N2O6. The number of nitrogens with zero attached hydrogens (tertiary/aromatic N) is 1. The summed E-state index contributed by atoms with van der Waals surface area (Å²) < 4.78 is 16.5. The first kappa shape index (κ1) is 26.9. The SMILES string of the molecule is C=Cc1ccc(CO[C@@H]2C[C@@H](C(=O)N[C@@H](C(=O)OC)c3ccccc3)N(C(=O)OC(C)(C)C)C2)cc1. The molecule has 8 nitrogen and oxygen atoms in total. The van der Waals surface area contributed by atoms with Gasteiger partial charge in [-0.2, -0.15) is 0 Å². The topological polar surface area (TPSA) is 94.2 Å². The van der Waals surface area contributed by atoms with Gasteiger partial charge in [-0.15, -0.1) is 0 Å². The van der Waals surface area contributed by atoms with Gasteiger partial charge in [0.15, 0.2) is 6.04 Å². The molecule has 0 radical (unpaired) electrons. The summed E-state index contributed by atoms with van der Waals surface area (Å²) >= 11 is 0. The second-order valence-corrected chi connectivity index (χ2v) is 9.64. The monoisotopic (exact) mass is 494 g/mol. The Morgan fingerprint density at radius 1 is 1.11 bits per heavy atom. The van der Waals surface area contributed by atoms with Crippen LogP contribution in [0.3, 0.4) is 0 Å². The zero-order valence-electron chi connectivity index (χ0n) is 21.2. The Hall–Kier alpha value is -3.65.